The summed E-state index contributed by atoms with van der Waals surface area (Å²) < 4.78 is 18.7. The van der Waals surface area contributed by atoms with E-state index in [4.69, 9.17) is 22.1 Å². The number of primary amides is 1. The summed E-state index contributed by atoms with van der Waals surface area (Å²) in [5.74, 6) is -0.857. The lowest BCUT2D eigenvalue weighted by atomic mass is 10.1. The summed E-state index contributed by atoms with van der Waals surface area (Å²) in [6.07, 6.45) is 0. The van der Waals surface area contributed by atoms with E-state index in [1.165, 1.54) is 24.3 Å². The zero-order valence-electron chi connectivity index (χ0n) is 17.0. The Labute approximate surface area is 180 Å². The molecular weight excluding hydrogens is 409 g/mol. The summed E-state index contributed by atoms with van der Waals surface area (Å²) in [6.45, 7) is 5.78. The van der Waals surface area contributed by atoms with Crippen LogP contribution in [0, 0.1) is 5.82 Å². The third-order valence-corrected chi connectivity index (χ3v) is 5.53. The molecule has 3 rings (SSSR count). The van der Waals surface area contributed by atoms with Crippen LogP contribution in [0.15, 0.2) is 42.5 Å². The van der Waals surface area contributed by atoms with Gasteiger partial charge in [-0.1, -0.05) is 23.7 Å². The van der Waals surface area contributed by atoms with Crippen molar-refractivity contribution >= 4 is 23.4 Å². The maximum absolute atomic E-state index is 13.1. The number of nitrogens with zero attached hydrogens (tertiary/aromatic N) is 2. The zero-order valence-corrected chi connectivity index (χ0v) is 17.7. The van der Waals surface area contributed by atoms with Crippen molar-refractivity contribution in [2.75, 3.05) is 19.7 Å². The molecule has 8 heteroatoms. The van der Waals surface area contributed by atoms with Crippen molar-refractivity contribution in [2.45, 2.75) is 32.5 Å². The van der Waals surface area contributed by atoms with Crippen LogP contribution in [0.25, 0.3) is 0 Å². The van der Waals surface area contributed by atoms with E-state index in [0.717, 1.165) is 5.56 Å². The Morgan fingerprint density at radius 1 is 1.13 bits per heavy atom. The molecule has 2 amide bonds. The summed E-state index contributed by atoms with van der Waals surface area (Å²) in [4.78, 5) is 28.4. The molecule has 0 spiro atoms. The van der Waals surface area contributed by atoms with Gasteiger partial charge in [0.15, 0.2) is 6.61 Å². The predicted molar refractivity (Wildman–Crippen MR) is 113 cm³/mol. The number of hydrogen-bond acceptors (Lipinski definition) is 4. The van der Waals surface area contributed by atoms with Crippen LogP contribution in [0.5, 0.6) is 5.75 Å². The second-order valence-electron chi connectivity index (χ2n) is 7.59. The van der Waals surface area contributed by atoms with E-state index in [1.807, 2.05) is 6.92 Å². The molecular formula is C22H25ClFN3O3. The largest absolute Gasteiger partial charge is 0.483 e. The van der Waals surface area contributed by atoms with Crippen LogP contribution < -0.4 is 10.5 Å². The first kappa shape index (κ1) is 22.1. The summed E-state index contributed by atoms with van der Waals surface area (Å²) >= 11 is 5.90. The summed E-state index contributed by atoms with van der Waals surface area (Å²) in [5.41, 5.74) is 6.53. The molecule has 1 heterocycles. The number of carbonyl (C=O) groups excluding carboxylic acids is 2. The van der Waals surface area contributed by atoms with Crippen molar-refractivity contribution in [3.63, 3.8) is 0 Å². The van der Waals surface area contributed by atoms with Gasteiger partial charge >= 0.3 is 0 Å². The Kier molecular flexibility index (Phi) is 6.95. The molecule has 6 nitrogen and oxygen atoms in total. The SMILES string of the molecule is CC1CN(Cc2ccc(F)cc2)[C@@H](C)CN1C(=O)COc1ccc(Cl)cc1C(N)=O. The highest BCUT2D eigenvalue weighted by Crippen LogP contribution is 2.23. The Morgan fingerprint density at radius 2 is 1.83 bits per heavy atom. The zero-order chi connectivity index (χ0) is 21.8. The molecule has 1 fully saturated rings. The average molecular weight is 434 g/mol. The van der Waals surface area contributed by atoms with Gasteiger partial charge in [-0.05, 0) is 49.7 Å². The standard InChI is InChI=1S/C22H25ClFN3O3/c1-14-11-27(15(2)10-26(14)12-16-3-6-18(24)7-4-16)21(28)13-30-20-8-5-17(23)9-19(20)22(25)29/h3-9,14-15H,10-13H2,1-2H3,(H2,25,29)/t14-,15?/m0/s1. The Hall–Kier alpha value is -2.64. The first-order chi connectivity index (χ1) is 14.2. The van der Waals surface area contributed by atoms with Gasteiger partial charge in [0, 0.05) is 36.7 Å². The molecule has 0 bridgehead atoms. The number of piperazine rings is 1. The lowest BCUT2D eigenvalue weighted by Gasteiger charge is -2.44. The topological polar surface area (TPSA) is 75.9 Å². The molecule has 2 N–H and O–H groups in total. The molecule has 0 saturated carbocycles. The van der Waals surface area contributed by atoms with Gasteiger partial charge < -0.3 is 15.4 Å². The van der Waals surface area contributed by atoms with Crippen molar-refractivity contribution in [3.8, 4) is 5.75 Å². The van der Waals surface area contributed by atoms with Crippen molar-refractivity contribution in [1.29, 1.82) is 0 Å². The average Bonchev–Trinajstić information content (AvgIpc) is 2.70. The molecule has 1 unspecified atom stereocenters. The lowest BCUT2D eigenvalue weighted by molar-refractivity contribution is -0.139. The molecule has 0 aromatic heterocycles. The van der Waals surface area contributed by atoms with Gasteiger partial charge in [0.2, 0.25) is 0 Å². The Balaban J connectivity index is 1.60. The van der Waals surface area contributed by atoms with Gasteiger partial charge in [-0.2, -0.15) is 0 Å². The number of hydrogen-bond donors (Lipinski definition) is 1. The first-order valence-electron chi connectivity index (χ1n) is 9.74. The number of amides is 2. The number of rotatable bonds is 6. The van der Waals surface area contributed by atoms with Gasteiger partial charge in [-0.15, -0.1) is 0 Å². The van der Waals surface area contributed by atoms with Crippen LogP contribution in [0.3, 0.4) is 0 Å². The number of carbonyl (C=O) groups is 2. The van der Waals surface area contributed by atoms with Crippen molar-refractivity contribution < 1.29 is 18.7 Å². The molecule has 160 valence electrons. The van der Waals surface area contributed by atoms with Crippen molar-refractivity contribution in [3.05, 3.63) is 64.4 Å². The van der Waals surface area contributed by atoms with E-state index in [2.05, 4.69) is 11.8 Å². The molecule has 0 aliphatic carbocycles. The fraction of sp³-hybridized carbons (Fsp3) is 0.364. The molecule has 1 saturated heterocycles. The second kappa shape index (κ2) is 9.45. The number of benzene rings is 2. The highest BCUT2D eigenvalue weighted by Gasteiger charge is 2.32. The van der Waals surface area contributed by atoms with Crippen LogP contribution in [-0.2, 0) is 11.3 Å². The van der Waals surface area contributed by atoms with E-state index in [9.17, 15) is 14.0 Å². The fourth-order valence-corrected chi connectivity index (χ4v) is 3.81. The Bertz CT molecular complexity index is 922. The van der Waals surface area contributed by atoms with Crippen LogP contribution in [-0.4, -0.2) is 53.4 Å². The van der Waals surface area contributed by atoms with E-state index in [1.54, 1.807) is 23.1 Å². The van der Waals surface area contributed by atoms with Crippen molar-refractivity contribution in [1.82, 2.24) is 9.80 Å². The molecule has 30 heavy (non-hydrogen) atoms. The molecule has 1 aliphatic rings. The molecule has 2 aromatic carbocycles. The van der Waals surface area contributed by atoms with E-state index < -0.39 is 5.91 Å². The molecule has 2 atom stereocenters. The Morgan fingerprint density at radius 3 is 2.50 bits per heavy atom. The summed E-state index contributed by atoms with van der Waals surface area (Å²) in [6, 6.07) is 11.1. The van der Waals surface area contributed by atoms with Crippen LogP contribution >= 0.6 is 11.6 Å². The fourth-order valence-electron chi connectivity index (χ4n) is 3.63. The van der Waals surface area contributed by atoms with Gasteiger partial charge in [0.05, 0.1) is 5.56 Å². The highest BCUT2D eigenvalue weighted by molar-refractivity contribution is 6.31. The normalized spacial score (nSPS) is 19.5. The quantitative estimate of drug-likeness (QED) is 0.759. The van der Waals surface area contributed by atoms with E-state index >= 15 is 0 Å². The van der Waals surface area contributed by atoms with Gasteiger partial charge in [-0.3, -0.25) is 14.5 Å². The monoisotopic (exact) mass is 433 g/mol. The number of ether oxygens (including phenoxy) is 1. The third-order valence-electron chi connectivity index (χ3n) is 5.29. The predicted octanol–water partition coefficient (Wildman–Crippen LogP) is 3.08. The maximum Gasteiger partial charge on any atom is 0.260 e. The van der Waals surface area contributed by atoms with Gasteiger partial charge in [-0.25, -0.2) is 4.39 Å². The number of nitrogens with two attached hydrogens (primary N) is 1. The van der Waals surface area contributed by atoms with E-state index in [-0.39, 0.29) is 41.7 Å². The first-order valence-corrected chi connectivity index (χ1v) is 10.1. The minimum atomic E-state index is -0.670. The molecule has 0 radical (unpaired) electrons. The van der Waals surface area contributed by atoms with Gasteiger partial charge in [0.1, 0.15) is 11.6 Å². The van der Waals surface area contributed by atoms with Gasteiger partial charge in [0.25, 0.3) is 11.8 Å². The number of halogens is 2. The summed E-state index contributed by atoms with van der Waals surface area (Å²) in [7, 11) is 0. The third kappa shape index (κ3) is 5.29. The van der Waals surface area contributed by atoms with Crippen molar-refractivity contribution in [2.24, 2.45) is 5.73 Å². The van der Waals surface area contributed by atoms with E-state index in [0.29, 0.717) is 24.7 Å². The van der Waals surface area contributed by atoms with Crippen LogP contribution in [0.4, 0.5) is 4.39 Å². The minimum Gasteiger partial charge on any atom is -0.483 e. The molecule has 2 aromatic rings. The summed E-state index contributed by atoms with van der Waals surface area (Å²) in [5, 5.41) is 0.363. The van der Waals surface area contributed by atoms with Crippen LogP contribution in [0.2, 0.25) is 5.02 Å². The lowest BCUT2D eigenvalue weighted by Crippen LogP contribution is -2.58. The highest BCUT2D eigenvalue weighted by atomic mass is 35.5. The minimum absolute atomic E-state index is 0.0152. The smallest absolute Gasteiger partial charge is 0.260 e. The van der Waals surface area contributed by atoms with Crippen LogP contribution in [0.1, 0.15) is 29.8 Å². The second-order valence-corrected chi connectivity index (χ2v) is 8.03. The maximum atomic E-state index is 13.1. The molecule has 1 aliphatic heterocycles.